The topological polar surface area (TPSA) is 54.9 Å². The van der Waals surface area contributed by atoms with E-state index in [0.29, 0.717) is 11.0 Å². The number of anilines is 1. The number of benzene rings is 1. The molecule has 4 nitrogen and oxygen atoms in total. The van der Waals surface area contributed by atoms with Crippen LogP contribution in [0.4, 0.5) is 5.13 Å². The second-order valence-corrected chi connectivity index (χ2v) is 7.32. The number of nitrogens with one attached hydrogen (secondary N) is 1. The predicted molar refractivity (Wildman–Crippen MR) is 100 cm³/mol. The van der Waals surface area contributed by atoms with E-state index in [4.69, 9.17) is 0 Å². The number of hydrogen-bond donors (Lipinski definition) is 1. The SMILES string of the molecule is CCCCC(CC)C(=O)Nc1nnc(CC(C)c2ccccc2)s1. The Morgan fingerprint density at radius 1 is 1.21 bits per heavy atom. The Morgan fingerprint density at radius 2 is 1.96 bits per heavy atom. The van der Waals surface area contributed by atoms with E-state index >= 15 is 0 Å². The van der Waals surface area contributed by atoms with Gasteiger partial charge in [-0.1, -0.05) is 75.3 Å². The molecule has 0 fully saturated rings. The number of aromatic nitrogens is 2. The number of rotatable bonds is 9. The third-order valence-electron chi connectivity index (χ3n) is 4.32. The largest absolute Gasteiger partial charge is 0.300 e. The fourth-order valence-corrected chi connectivity index (χ4v) is 3.60. The number of carbonyl (C=O) groups is 1. The molecule has 0 radical (unpaired) electrons. The van der Waals surface area contributed by atoms with Crippen molar-refractivity contribution in [2.24, 2.45) is 5.92 Å². The molecule has 2 atom stereocenters. The first-order chi connectivity index (χ1) is 11.6. The van der Waals surface area contributed by atoms with Crippen LogP contribution >= 0.6 is 11.3 Å². The maximum atomic E-state index is 12.3. The lowest BCUT2D eigenvalue weighted by molar-refractivity contribution is -0.120. The van der Waals surface area contributed by atoms with Crippen LogP contribution in [0.3, 0.4) is 0 Å². The van der Waals surface area contributed by atoms with Gasteiger partial charge in [-0.15, -0.1) is 10.2 Å². The Kier molecular flexibility index (Phi) is 7.37. The van der Waals surface area contributed by atoms with E-state index in [-0.39, 0.29) is 11.8 Å². The number of unbranched alkanes of at least 4 members (excludes halogenated alkanes) is 1. The molecule has 24 heavy (non-hydrogen) atoms. The minimum atomic E-state index is 0.0699. The van der Waals surface area contributed by atoms with Crippen LogP contribution in [0.5, 0.6) is 0 Å². The van der Waals surface area contributed by atoms with Crippen molar-refractivity contribution in [2.75, 3.05) is 5.32 Å². The zero-order valence-corrected chi connectivity index (χ0v) is 15.6. The van der Waals surface area contributed by atoms with Crippen molar-refractivity contribution in [1.82, 2.24) is 10.2 Å². The Morgan fingerprint density at radius 3 is 2.62 bits per heavy atom. The average Bonchev–Trinajstić information content (AvgIpc) is 3.03. The summed E-state index contributed by atoms with van der Waals surface area (Å²) in [5.74, 6) is 0.529. The summed E-state index contributed by atoms with van der Waals surface area (Å²) in [4.78, 5) is 12.3. The third kappa shape index (κ3) is 5.41. The molecule has 0 bridgehead atoms. The lowest BCUT2D eigenvalue weighted by Gasteiger charge is -2.12. The van der Waals surface area contributed by atoms with Crippen LogP contribution < -0.4 is 5.32 Å². The number of hydrogen-bond acceptors (Lipinski definition) is 4. The summed E-state index contributed by atoms with van der Waals surface area (Å²) in [6.45, 7) is 6.40. The molecule has 0 spiro atoms. The van der Waals surface area contributed by atoms with Crippen molar-refractivity contribution in [3.8, 4) is 0 Å². The molecule has 1 aromatic carbocycles. The highest BCUT2D eigenvalue weighted by Crippen LogP contribution is 2.25. The Bertz CT molecular complexity index is 627. The molecule has 2 unspecified atom stereocenters. The highest BCUT2D eigenvalue weighted by atomic mass is 32.1. The van der Waals surface area contributed by atoms with Crippen molar-refractivity contribution < 1.29 is 4.79 Å². The molecule has 130 valence electrons. The highest BCUT2D eigenvalue weighted by molar-refractivity contribution is 7.15. The number of nitrogens with zero attached hydrogens (tertiary/aromatic N) is 2. The van der Waals surface area contributed by atoms with Crippen LogP contribution in [0.15, 0.2) is 30.3 Å². The summed E-state index contributed by atoms with van der Waals surface area (Å²) < 4.78 is 0. The Balaban J connectivity index is 1.91. The Hall–Kier alpha value is -1.75. The van der Waals surface area contributed by atoms with Gasteiger partial charge >= 0.3 is 0 Å². The summed E-state index contributed by atoms with van der Waals surface area (Å²) in [6, 6.07) is 10.4. The molecule has 0 saturated carbocycles. The van der Waals surface area contributed by atoms with Gasteiger partial charge in [0.05, 0.1) is 0 Å². The molecule has 1 aromatic heterocycles. The van der Waals surface area contributed by atoms with Gasteiger partial charge < -0.3 is 5.32 Å². The summed E-state index contributed by atoms with van der Waals surface area (Å²) >= 11 is 1.48. The third-order valence-corrected chi connectivity index (χ3v) is 5.18. The first kappa shape index (κ1) is 18.6. The van der Waals surface area contributed by atoms with Crippen molar-refractivity contribution in [3.05, 3.63) is 40.9 Å². The maximum absolute atomic E-state index is 12.3. The van der Waals surface area contributed by atoms with Crippen LogP contribution in [0.2, 0.25) is 0 Å². The van der Waals surface area contributed by atoms with Crippen molar-refractivity contribution in [3.63, 3.8) is 0 Å². The van der Waals surface area contributed by atoms with Gasteiger partial charge in [-0.2, -0.15) is 0 Å². The van der Waals surface area contributed by atoms with Gasteiger partial charge in [0.25, 0.3) is 0 Å². The standard InChI is InChI=1S/C19H27N3OS/c1-4-6-10-15(5-2)18(23)20-19-22-21-17(24-19)13-14(3)16-11-8-7-9-12-16/h7-9,11-12,14-15H,4-6,10,13H2,1-3H3,(H,20,22,23). The predicted octanol–water partition coefficient (Wildman–Crippen LogP) is 5.04. The molecule has 2 aromatic rings. The van der Waals surface area contributed by atoms with Gasteiger partial charge in [0, 0.05) is 12.3 Å². The molecule has 5 heteroatoms. The van der Waals surface area contributed by atoms with Crippen LogP contribution in [0.1, 0.15) is 62.9 Å². The first-order valence-corrected chi connectivity index (χ1v) is 9.63. The zero-order chi connectivity index (χ0) is 17.4. The van der Waals surface area contributed by atoms with E-state index in [0.717, 1.165) is 37.1 Å². The monoisotopic (exact) mass is 345 g/mol. The van der Waals surface area contributed by atoms with E-state index in [1.807, 2.05) is 6.07 Å². The molecule has 0 saturated heterocycles. The van der Waals surface area contributed by atoms with Crippen LogP contribution in [-0.4, -0.2) is 16.1 Å². The molecule has 1 amide bonds. The van der Waals surface area contributed by atoms with E-state index in [1.165, 1.54) is 16.9 Å². The van der Waals surface area contributed by atoms with Gasteiger partial charge in [-0.05, 0) is 24.3 Å². The fourth-order valence-electron chi connectivity index (χ4n) is 2.73. The second-order valence-electron chi connectivity index (χ2n) is 6.25. The quantitative estimate of drug-likeness (QED) is 0.693. The van der Waals surface area contributed by atoms with Crippen LogP contribution in [0.25, 0.3) is 0 Å². The molecule has 0 aliphatic heterocycles. The summed E-state index contributed by atoms with van der Waals surface area (Å²) in [5, 5.41) is 12.9. The van der Waals surface area contributed by atoms with E-state index < -0.39 is 0 Å². The fraction of sp³-hybridized carbons (Fsp3) is 0.526. The molecule has 0 aliphatic rings. The molecule has 1 N–H and O–H groups in total. The van der Waals surface area contributed by atoms with Gasteiger partial charge in [-0.3, -0.25) is 4.79 Å². The van der Waals surface area contributed by atoms with Crippen LogP contribution in [0, 0.1) is 5.92 Å². The van der Waals surface area contributed by atoms with Gasteiger partial charge in [0.1, 0.15) is 5.01 Å². The van der Waals surface area contributed by atoms with Crippen LogP contribution in [-0.2, 0) is 11.2 Å². The van der Waals surface area contributed by atoms with E-state index in [2.05, 4.69) is 60.6 Å². The molecular weight excluding hydrogens is 318 g/mol. The number of amides is 1. The molecular formula is C19H27N3OS. The number of carbonyl (C=O) groups excluding carboxylic acids is 1. The molecule has 2 rings (SSSR count). The summed E-state index contributed by atoms with van der Waals surface area (Å²) in [7, 11) is 0. The molecule has 0 aliphatic carbocycles. The smallest absolute Gasteiger partial charge is 0.229 e. The van der Waals surface area contributed by atoms with Crippen molar-refractivity contribution in [2.45, 2.75) is 58.8 Å². The highest BCUT2D eigenvalue weighted by Gasteiger charge is 2.18. The molecule has 1 heterocycles. The van der Waals surface area contributed by atoms with Crippen molar-refractivity contribution in [1.29, 1.82) is 0 Å². The minimum Gasteiger partial charge on any atom is -0.300 e. The van der Waals surface area contributed by atoms with E-state index in [1.54, 1.807) is 0 Å². The Labute approximate surface area is 148 Å². The lowest BCUT2D eigenvalue weighted by Crippen LogP contribution is -2.22. The van der Waals surface area contributed by atoms with Gasteiger partial charge in [0.15, 0.2) is 0 Å². The van der Waals surface area contributed by atoms with E-state index in [9.17, 15) is 4.79 Å². The van der Waals surface area contributed by atoms with Gasteiger partial charge in [0.2, 0.25) is 11.0 Å². The minimum absolute atomic E-state index is 0.0699. The van der Waals surface area contributed by atoms with Crippen molar-refractivity contribution >= 4 is 22.4 Å². The zero-order valence-electron chi connectivity index (χ0n) is 14.8. The summed E-state index contributed by atoms with van der Waals surface area (Å²) in [5.41, 5.74) is 1.30. The average molecular weight is 346 g/mol. The maximum Gasteiger partial charge on any atom is 0.229 e. The van der Waals surface area contributed by atoms with Gasteiger partial charge in [-0.25, -0.2) is 0 Å². The first-order valence-electron chi connectivity index (χ1n) is 8.82. The normalized spacial score (nSPS) is 13.5. The summed E-state index contributed by atoms with van der Waals surface area (Å²) in [6.07, 6.45) is 4.84. The lowest BCUT2D eigenvalue weighted by atomic mass is 9.98. The second kappa shape index (κ2) is 9.52.